The third-order valence-corrected chi connectivity index (χ3v) is 6.42. The fourth-order valence-electron chi connectivity index (χ4n) is 3.46. The minimum Gasteiger partial charge on any atom is -0.354 e. The number of carbonyl (C=O) groups excluding carboxylic acids is 1. The van der Waals surface area contributed by atoms with Crippen molar-refractivity contribution in [1.82, 2.24) is 34.2 Å². The maximum atomic E-state index is 12.6. The Morgan fingerprint density at radius 1 is 1.29 bits per heavy atom. The molecule has 0 radical (unpaired) electrons. The molecule has 10 nitrogen and oxygen atoms in total. The van der Waals surface area contributed by atoms with E-state index in [4.69, 9.17) is 0 Å². The van der Waals surface area contributed by atoms with Gasteiger partial charge in [-0.2, -0.15) is 0 Å². The highest BCUT2D eigenvalue weighted by molar-refractivity contribution is 7.99. The van der Waals surface area contributed by atoms with Crippen LogP contribution in [-0.2, 0) is 18.4 Å². The van der Waals surface area contributed by atoms with Crippen molar-refractivity contribution in [3.05, 3.63) is 56.5 Å². The zero-order valence-corrected chi connectivity index (χ0v) is 18.3. The van der Waals surface area contributed by atoms with Crippen LogP contribution in [0.4, 0.5) is 0 Å². The topological polar surface area (TPSA) is 117 Å². The molecule has 1 aliphatic heterocycles. The number of nitrogens with one attached hydrogen (secondary N) is 1. The van der Waals surface area contributed by atoms with Crippen molar-refractivity contribution in [3.63, 3.8) is 0 Å². The lowest BCUT2D eigenvalue weighted by Gasteiger charge is -2.14. The van der Waals surface area contributed by atoms with Crippen molar-refractivity contribution >= 4 is 17.7 Å². The first-order chi connectivity index (χ1) is 14.9. The Bertz CT molecular complexity index is 1250. The molecule has 4 rings (SSSR count). The van der Waals surface area contributed by atoms with E-state index in [1.54, 1.807) is 36.9 Å². The second-order valence-corrected chi connectivity index (χ2v) is 8.39. The summed E-state index contributed by atoms with van der Waals surface area (Å²) in [7, 11) is 1.64. The number of fused-ring (bicyclic) bond motifs is 1. The van der Waals surface area contributed by atoms with Crippen LogP contribution in [0.1, 0.15) is 23.7 Å². The second kappa shape index (κ2) is 8.50. The normalized spacial score (nSPS) is 15.1. The molecule has 1 aliphatic rings. The highest BCUT2D eigenvalue weighted by Gasteiger charge is 2.28. The van der Waals surface area contributed by atoms with Gasteiger partial charge in [0.2, 0.25) is 5.91 Å². The molecule has 0 bridgehead atoms. The molecule has 0 aromatic carbocycles. The van der Waals surface area contributed by atoms with Gasteiger partial charge in [-0.3, -0.25) is 23.7 Å². The lowest BCUT2D eigenvalue weighted by molar-refractivity contribution is -0.121. The van der Waals surface area contributed by atoms with Crippen LogP contribution in [0.25, 0.3) is 11.5 Å². The number of carbonyl (C=O) groups is 1. The Balaban J connectivity index is 1.38. The summed E-state index contributed by atoms with van der Waals surface area (Å²) < 4.78 is 4.36. The summed E-state index contributed by atoms with van der Waals surface area (Å²) >= 11 is 1.49. The van der Waals surface area contributed by atoms with Crippen LogP contribution >= 0.6 is 11.8 Å². The van der Waals surface area contributed by atoms with Crippen molar-refractivity contribution in [1.29, 1.82) is 0 Å². The Kier molecular flexibility index (Phi) is 5.77. The monoisotopic (exact) mass is 441 g/mol. The average Bonchev–Trinajstić information content (AvgIpc) is 3.28. The van der Waals surface area contributed by atoms with Gasteiger partial charge in [0.05, 0.1) is 12.6 Å². The number of hydrogen-bond acceptors (Lipinski definition) is 7. The zero-order chi connectivity index (χ0) is 22.1. The number of nitrogens with zero attached hydrogens (tertiary/aromatic N) is 6. The van der Waals surface area contributed by atoms with Crippen LogP contribution in [-0.4, -0.2) is 47.1 Å². The van der Waals surface area contributed by atoms with Gasteiger partial charge in [0.15, 0.2) is 11.0 Å². The lowest BCUT2D eigenvalue weighted by atomic mass is 10.2. The molecular formula is C20H23N7O3S. The minimum atomic E-state index is -0.278. The molecule has 1 amide bonds. The van der Waals surface area contributed by atoms with E-state index in [9.17, 15) is 14.4 Å². The molecule has 0 unspecified atom stereocenters. The van der Waals surface area contributed by atoms with Crippen LogP contribution in [0.15, 0.2) is 39.1 Å². The van der Waals surface area contributed by atoms with Crippen molar-refractivity contribution in [3.8, 4) is 11.5 Å². The van der Waals surface area contributed by atoms with Crippen molar-refractivity contribution in [2.75, 3.05) is 12.3 Å². The van der Waals surface area contributed by atoms with E-state index in [1.165, 1.54) is 21.0 Å². The second-order valence-electron chi connectivity index (χ2n) is 7.40. The zero-order valence-electron chi connectivity index (χ0n) is 17.5. The van der Waals surface area contributed by atoms with Gasteiger partial charge in [-0.1, -0.05) is 17.8 Å². The van der Waals surface area contributed by atoms with Crippen LogP contribution in [0, 0.1) is 13.8 Å². The van der Waals surface area contributed by atoms with Crippen LogP contribution in [0.3, 0.4) is 0 Å². The van der Waals surface area contributed by atoms with Gasteiger partial charge in [-0.15, -0.1) is 5.10 Å². The molecule has 162 valence electrons. The summed E-state index contributed by atoms with van der Waals surface area (Å²) in [4.78, 5) is 46.2. The van der Waals surface area contributed by atoms with Crippen molar-refractivity contribution < 1.29 is 4.79 Å². The minimum absolute atomic E-state index is 0.0904. The summed E-state index contributed by atoms with van der Waals surface area (Å²) in [5.74, 6) is 0.914. The summed E-state index contributed by atoms with van der Waals surface area (Å²) in [5, 5.41) is 7.82. The Hall–Kier alpha value is -3.21. The van der Waals surface area contributed by atoms with E-state index in [-0.39, 0.29) is 42.7 Å². The van der Waals surface area contributed by atoms with Gasteiger partial charge in [0.1, 0.15) is 5.69 Å². The quantitative estimate of drug-likeness (QED) is 0.559. The van der Waals surface area contributed by atoms with Crippen LogP contribution < -0.4 is 16.6 Å². The first-order valence-electron chi connectivity index (χ1n) is 9.91. The van der Waals surface area contributed by atoms with E-state index in [1.807, 2.05) is 13.0 Å². The summed E-state index contributed by atoms with van der Waals surface area (Å²) in [6.45, 7) is 4.06. The average molecular weight is 442 g/mol. The molecule has 11 heteroatoms. The van der Waals surface area contributed by atoms with Crippen molar-refractivity contribution in [2.45, 2.75) is 38.0 Å². The predicted octanol–water partition coefficient (Wildman–Crippen LogP) is 0.671. The molecule has 0 fully saturated rings. The van der Waals surface area contributed by atoms with Crippen LogP contribution in [0.5, 0.6) is 0 Å². The van der Waals surface area contributed by atoms with E-state index in [0.29, 0.717) is 28.0 Å². The molecule has 0 saturated carbocycles. The molecule has 3 aromatic heterocycles. The summed E-state index contributed by atoms with van der Waals surface area (Å²) in [5.41, 5.74) is 1.56. The fraction of sp³-hybridized carbons (Fsp3) is 0.400. The van der Waals surface area contributed by atoms with Crippen LogP contribution in [0.2, 0.25) is 0 Å². The first kappa shape index (κ1) is 21.0. The third-order valence-electron chi connectivity index (χ3n) is 5.32. The molecule has 0 aliphatic carbocycles. The number of thioether (sulfide) groups is 1. The Morgan fingerprint density at radius 2 is 2.10 bits per heavy atom. The molecule has 0 saturated heterocycles. The van der Waals surface area contributed by atoms with Gasteiger partial charge >= 0.3 is 5.69 Å². The van der Waals surface area contributed by atoms with E-state index in [0.717, 1.165) is 5.69 Å². The van der Waals surface area contributed by atoms with Gasteiger partial charge < -0.3 is 5.32 Å². The SMILES string of the molecule is Cc1nc2n(c(=O)c1C)[C@H](CC(=O)NCCn1nc(-c3ccccn3)n(C)c1=O)CS2. The van der Waals surface area contributed by atoms with Gasteiger partial charge in [0, 0.05) is 43.2 Å². The summed E-state index contributed by atoms with van der Waals surface area (Å²) in [6, 6.07) is 5.18. The third kappa shape index (κ3) is 4.05. The molecular weight excluding hydrogens is 418 g/mol. The number of amides is 1. The Labute approximate surface area is 182 Å². The van der Waals surface area contributed by atoms with Gasteiger partial charge in [-0.25, -0.2) is 14.5 Å². The highest BCUT2D eigenvalue weighted by atomic mass is 32.2. The number of aryl methyl sites for hydroxylation is 1. The predicted molar refractivity (Wildman–Crippen MR) is 116 cm³/mol. The number of aromatic nitrogens is 6. The van der Waals surface area contributed by atoms with Gasteiger partial charge in [0.25, 0.3) is 5.56 Å². The number of pyridine rings is 1. The molecule has 1 N–H and O–H groups in total. The smallest absolute Gasteiger partial charge is 0.346 e. The lowest BCUT2D eigenvalue weighted by Crippen LogP contribution is -2.34. The first-order valence-corrected chi connectivity index (χ1v) is 10.9. The Morgan fingerprint density at radius 3 is 2.84 bits per heavy atom. The van der Waals surface area contributed by atoms with E-state index in [2.05, 4.69) is 20.4 Å². The number of rotatable bonds is 6. The standard InChI is InChI=1S/C20H23N7O3S/c1-12-13(2)23-19-27(18(12)29)14(11-31-19)10-16(28)22-8-9-26-20(30)25(3)17(24-26)15-6-4-5-7-21-15/h4-7,14H,8-11H2,1-3H3,(H,22,28)/t14-/m1/s1. The molecule has 0 spiro atoms. The molecule has 1 atom stereocenters. The molecule has 31 heavy (non-hydrogen) atoms. The molecule has 4 heterocycles. The maximum Gasteiger partial charge on any atom is 0.346 e. The van der Waals surface area contributed by atoms with Crippen molar-refractivity contribution in [2.24, 2.45) is 7.05 Å². The highest BCUT2D eigenvalue weighted by Crippen LogP contribution is 2.32. The van der Waals surface area contributed by atoms with E-state index < -0.39 is 0 Å². The van der Waals surface area contributed by atoms with Gasteiger partial charge in [-0.05, 0) is 26.0 Å². The largest absolute Gasteiger partial charge is 0.354 e. The maximum absolute atomic E-state index is 12.6. The fourth-order valence-corrected chi connectivity index (χ4v) is 4.64. The molecule has 3 aromatic rings. The van der Waals surface area contributed by atoms with E-state index >= 15 is 0 Å². The summed E-state index contributed by atoms with van der Waals surface area (Å²) in [6.07, 6.45) is 1.82. The number of hydrogen-bond donors (Lipinski definition) is 1.